The zero-order valence-electron chi connectivity index (χ0n) is 13.3. The van der Waals surface area contributed by atoms with Gasteiger partial charge in [-0.3, -0.25) is 4.79 Å². The van der Waals surface area contributed by atoms with Crippen molar-refractivity contribution in [2.45, 2.75) is 16.2 Å². The van der Waals surface area contributed by atoms with Crippen LogP contribution in [0.1, 0.15) is 0 Å². The SMILES string of the molecule is NC(=O)C(Oc1ccccc1F)C(S)CNS(=O)(=O)c1ccc(Cl)cc1. The molecule has 0 aliphatic carbocycles. The second kappa shape index (κ2) is 8.72. The first-order chi connectivity index (χ1) is 12.2. The molecule has 0 bridgehead atoms. The van der Waals surface area contributed by atoms with E-state index in [-0.39, 0.29) is 17.2 Å². The zero-order valence-corrected chi connectivity index (χ0v) is 15.8. The highest BCUT2D eigenvalue weighted by Gasteiger charge is 2.28. The van der Waals surface area contributed by atoms with Gasteiger partial charge in [0.15, 0.2) is 17.7 Å². The Morgan fingerprint density at radius 3 is 2.42 bits per heavy atom. The van der Waals surface area contributed by atoms with Crippen LogP contribution < -0.4 is 15.2 Å². The van der Waals surface area contributed by atoms with E-state index in [1.54, 1.807) is 0 Å². The molecule has 2 atom stereocenters. The van der Waals surface area contributed by atoms with Gasteiger partial charge in [0.25, 0.3) is 5.91 Å². The molecule has 0 aliphatic heterocycles. The summed E-state index contributed by atoms with van der Waals surface area (Å²) in [5.74, 6) is -1.77. The Morgan fingerprint density at radius 1 is 1.23 bits per heavy atom. The lowest BCUT2D eigenvalue weighted by atomic mass is 10.2. The average molecular weight is 419 g/mol. The van der Waals surface area contributed by atoms with Gasteiger partial charge in [-0.15, -0.1) is 0 Å². The van der Waals surface area contributed by atoms with Crippen molar-refractivity contribution in [3.8, 4) is 5.75 Å². The summed E-state index contributed by atoms with van der Waals surface area (Å²) in [7, 11) is -3.85. The normalized spacial score (nSPS) is 13.8. The number of hydrogen-bond acceptors (Lipinski definition) is 5. The van der Waals surface area contributed by atoms with Crippen LogP contribution in [0.5, 0.6) is 5.75 Å². The number of nitrogens with two attached hydrogens (primary N) is 1. The van der Waals surface area contributed by atoms with E-state index in [2.05, 4.69) is 17.4 Å². The maximum atomic E-state index is 13.7. The number of sulfonamides is 1. The van der Waals surface area contributed by atoms with Gasteiger partial charge in [0.05, 0.1) is 10.1 Å². The van der Waals surface area contributed by atoms with Crippen LogP contribution in [-0.4, -0.2) is 32.2 Å². The third-order valence-electron chi connectivity index (χ3n) is 3.33. The molecule has 0 fully saturated rings. The van der Waals surface area contributed by atoms with E-state index in [0.29, 0.717) is 5.02 Å². The zero-order chi connectivity index (χ0) is 19.3. The predicted molar refractivity (Wildman–Crippen MR) is 99.4 cm³/mol. The summed E-state index contributed by atoms with van der Waals surface area (Å²) in [6.07, 6.45) is -1.34. The maximum Gasteiger partial charge on any atom is 0.259 e. The number of nitrogens with one attached hydrogen (secondary N) is 1. The van der Waals surface area contributed by atoms with E-state index in [0.717, 1.165) is 6.07 Å². The molecule has 2 unspecified atom stereocenters. The van der Waals surface area contributed by atoms with Crippen LogP contribution in [-0.2, 0) is 14.8 Å². The van der Waals surface area contributed by atoms with Crippen molar-refractivity contribution >= 4 is 40.2 Å². The Morgan fingerprint density at radius 2 is 1.85 bits per heavy atom. The molecule has 3 N–H and O–H groups in total. The summed E-state index contributed by atoms with van der Waals surface area (Å²) >= 11 is 9.90. The number of benzene rings is 2. The standard InChI is InChI=1S/C16H16ClFN2O4S2/c17-10-5-7-11(8-6-10)26(22,23)20-9-14(25)15(16(19)21)24-13-4-2-1-3-12(13)18/h1-8,14-15,20,25H,9H2,(H2,19,21). The molecule has 2 rings (SSSR count). The van der Waals surface area contributed by atoms with Crippen LogP contribution in [0.3, 0.4) is 0 Å². The van der Waals surface area contributed by atoms with Crippen molar-refractivity contribution < 1.29 is 22.3 Å². The van der Waals surface area contributed by atoms with E-state index in [1.165, 1.54) is 42.5 Å². The van der Waals surface area contributed by atoms with Crippen LogP contribution in [0.15, 0.2) is 53.4 Å². The number of halogens is 2. The van der Waals surface area contributed by atoms with Gasteiger partial charge < -0.3 is 10.5 Å². The van der Waals surface area contributed by atoms with Crippen LogP contribution in [0, 0.1) is 5.82 Å². The maximum absolute atomic E-state index is 13.7. The smallest absolute Gasteiger partial charge is 0.259 e. The summed E-state index contributed by atoms with van der Waals surface area (Å²) in [6.45, 7) is -0.268. The number of carbonyl (C=O) groups is 1. The van der Waals surface area contributed by atoms with Crippen molar-refractivity contribution in [1.29, 1.82) is 0 Å². The lowest BCUT2D eigenvalue weighted by Gasteiger charge is -2.22. The van der Waals surface area contributed by atoms with Crippen molar-refractivity contribution in [2.75, 3.05) is 6.54 Å². The quantitative estimate of drug-likeness (QED) is 0.571. The Bertz CT molecular complexity index is 878. The van der Waals surface area contributed by atoms with Crippen LogP contribution in [0.25, 0.3) is 0 Å². The molecule has 2 aromatic carbocycles. The fourth-order valence-corrected chi connectivity index (χ4v) is 3.61. The first-order valence-electron chi connectivity index (χ1n) is 7.34. The van der Waals surface area contributed by atoms with Gasteiger partial charge in [0.2, 0.25) is 10.0 Å². The first-order valence-corrected chi connectivity index (χ1v) is 9.72. The number of primary amides is 1. The van der Waals surface area contributed by atoms with E-state index < -0.39 is 33.1 Å². The van der Waals surface area contributed by atoms with E-state index in [4.69, 9.17) is 22.1 Å². The van der Waals surface area contributed by atoms with E-state index in [1.807, 2.05) is 0 Å². The molecule has 0 saturated heterocycles. The minimum Gasteiger partial charge on any atom is -0.476 e. The molecule has 6 nitrogen and oxygen atoms in total. The largest absolute Gasteiger partial charge is 0.476 e. The summed E-state index contributed by atoms with van der Waals surface area (Å²) in [4.78, 5) is 11.6. The second-order valence-electron chi connectivity index (χ2n) is 5.24. The highest BCUT2D eigenvalue weighted by atomic mass is 35.5. The predicted octanol–water partition coefficient (Wildman–Crippen LogP) is 1.99. The van der Waals surface area contributed by atoms with Gasteiger partial charge in [-0.1, -0.05) is 23.7 Å². The summed E-state index contributed by atoms with van der Waals surface area (Å²) in [6, 6.07) is 11.0. The highest BCUT2D eigenvalue weighted by Crippen LogP contribution is 2.20. The molecule has 0 spiro atoms. The number of carbonyl (C=O) groups excluding carboxylic acids is 1. The summed E-state index contributed by atoms with van der Waals surface area (Å²) in [5, 5.41) is -0.558. The Kier molecular flexibility index (Phi) is 6.87. The van der Waals surface area contributed by atoms with Crippen LogP contribution >= 0.6 is 24.2 Å². The van der Waals surface area contributed by atoms with Gasteiger partial charge in [0.1, 0.15) is 0 Å². The number of ether oxygens (including phenoxy) is 1. The third kappa shape index (κ3) is 5.34. The van der Waals surface area contributed by atoms with Crippen molar-refractivity contribution in [1.82, 2.24) is 4.72 Å². The van der Waals surface area contributed by atoms with Crippen LogP contribution in [0.4, 0.5) is 4.39 Å². The number of hydrogen-bond donors (Lipinski definition) is 3. The minimum atomic E-state index is -3.85. The summed E-state index contributed by atoms with van der Waals surface area (Å²) < 4.78 is 45.8. The number of para-hydroxylation sites is 1. The molecule has 0 aliphatic rings. The molecular formula is C16H16ClFN2O4S2. The van der Waals surface area contributed by atoms with Gasteiger partial charge in [0, 0.05) is 11.6 Å². The Hall–Kier alpha value is -1.81. The monoisotopic (exact) mass is 418 g/mol. The fraction of sp³-hybridized carbons (Fsp3) is 0.188. The minimum absolute atomic E-state index is 0.00641. The molecule has 0 heterocycles. The lowest BCUT2D eigenvalue weighted by Crippen LogP contribution is -2.46. The van der Waals surface area contributed by atoms with E-state index >= 15 is 0 Å². The molecule has 0 saturated carbocycles. The topological polar surface area (TPSA) is 98.5 Å². The molecule has 0 aromatic heterocycles. The average Bonchev–Trinajstić information content (AvgIpc) is 2.59. The van der Waals surface area contributed by atoms with Crippen LogP contribution in [0.2, 0.25) is 5.02 Å². The van der Waals surface area contributed by atoms with Gasteiger partial charge in [-0.05, 0) is 36.4 Å². The number of rotatable bonds is 8. The van der Waals surface area contributed by atoms with Gasteiger partial charge in [-0.25, -0.2) is 17.5 Å². The first kappa shape index (κ1) is 20.5. The molecule has 0 radical (unpaired) electrons. The lowest BCUT2D eigenvalue weighted by molar-refractivity contribution is -0.124. The molecular weight excluding hydrogens is 403 g/mol. The number of thiol groups is 1. The molecule has 10 heteroatoms. The fourth-order valence-electron chi connectivity index (χ4n) is 2.00. The molecule has 1 amide bonds. The number of amides is 1. The summed E-state index contributed by atoms with van der Waals surface area (Å²) in [5.41, 5.74) is 5.28. The van der Waals surface area contributed by atoms with Crippen molar-refractivity contribution in [3.63, 3.8) is 0 Å². The second-order valence-corrected chi connectivity index (χ2v) is 8.11. The van der Waals surface area contributed by atoms with Gasteiger partial charge in [-0.2, -0.15) is 12.6 Å². The Balaban J connectivity index is 2.08. The Labute approximate surface area is 160 Å². The van der Waals surface area contributed by atoms with E-state index in [9.17, 15) is 17.6 Å². The molecule has 140 valence electrons. The van der Waals surface area contributed by atoms with Crippen molar-refractivity contribution in [3.05, 3.63) is 59.4 Å². The molecule has 26 heavy (non-hydrogen) atoms. The molecule has 2 aromatic rings. The highest BCUT2D eigenvalue weighted by molar-refractivity contribution is 7.89. The van der Waals surface area contributed by atoms with Gasteiger partial charge >= 0.3 is 0 Å². The van der Waals surface area contributed by atoms with Crippen molar-refractivity contribution in [2.24, 2.45) is 5.73 Å². The third-order valence-corrected chi connectivity index (χ3v) is 5.47.